The Hall–Kier alpha value is -2.08. The van der Waals surface area contributed by atoms with Crippen LogP contribution in [0.1, 0.15) is 10.5 Å². The third-order valence-corrected chi connectivity index (χ3v) is 2.51. The van der Waals surface area contributed by atoms with E-state index < -0.39 is 11.7 Å². The number of H-pyrrole nitrogens is 1. The lowest BCUT2D eigenvalue weighted by molar-refractivity contribution is 0.0864. The molecule has 7 heteroatoms. The smallest absolute Gasteiger partial charge is 0.276 e. The number of carbonyl (C=O) groups is 1. The van der Waals surface area contributed by atoms with Crippen LogP contribution in [0.5, 0.6) is 0 Å². The first kappa shape index (κ1) is 14.0. The number of aromatic nitrogens is 1. The fourth-order valence-corrected chi connectivity index (χ4v) is 1.52. The van der Waals surface area contributed by atoms with Crippen LogP contribution in [-0.2, 0) is 0 Å². The minimum atomic E-state index is -0.479. The van der Waals surface area contributed by atoms with Crippen molar-refractivity contribution in [3.63, 3.8) is 0 Å². The van der Waals surface area contributed by atoms with Crippen molar-refractivity contribution in [1.29, 1.82) is 5.41 Å². The number of nitrogens with two attached hydrogens (primary N) is 1. The molecule has 0 aliphatic rings. The third-order valence-electron chi connectivity index (χ3n) is 2.51. The molecule has 0 atom stereocenters. The molecular formula is C11H12ClFN4O. The van der Waals surface area contributed by atoms with E-state index in [1.807, 2.05) is 0 Å². The Morgan fingerprint density at radius 3 is 2.72 bits per heavy atom. The fourth-order valence-electron chi connectivity index (χ4n) is 1.52. The van der Waals surface area contributed by atoms with Crippen molar-refractivity contribution in [3.05, 3.63) is 35.8 Å². The van der Waals surface area contributed by atoms with Crippen LogP contribution < -0.4 is 5.73 Å². The number of nitrogens with one attached hydrogen (secondary N) is 2. The highest BCUT2D eigenvalue weighted by atomic mass is 35.5. The number of carbonyl (C=O) groups excluding carboxylic acids is 1. The van der Waals surface area contributed by atoms with Crippen molar-refractivity contribution < 1.29 is 9.18 Å². The molecule has 0 spiro atoms. The van der Waals surface area contributed by atoms with E-state index in [9.17, 15) is 9.18 Å². The zero-order valence-corrected chi connectivity index (χ0v) is 10.3. The maximum absolute atomic E-state index is 13.4. The summed E-state index contributed by atoms with van der Waals surface area (Å²) in [4.78, 5) is 15.6. The highest BCUT2D eigenvalue weighted by molar-refractivity contribution is 6.05. The molecule has 0 radical (unpaired) electrons. The summed E-state index contributed by atoms with van der Waals surface area (Å²) < 4.78 is 13.4. The molecule has 18 heavy (non-hydrogen) atoms. The van der Waals surface area contributed by atoms with E-state index >= 15 is 0 Å². The number of nitrogens with zero attached hydrogens (tertiary/aromatic N) is 1. The van der Waals surface area contributed by atoms with E-state index in [2.05, 4.69) is 4.98 Å². The topological polar surface area (TPSA) is 86.0 Å². The molecule has 96 valence electrons. The van der Waals surface area contributed by atoms with Gasteiger partial charge in [-0.25, -0.2) is 4.39 Å². The molecule has 1 aromatic heterocycles. The molecule has 1 aromatic carbocycles. The number of guanidine groups is 1. The van der Waals surface area contributed by atoms with E-state index in [0.29, 0.717) is 10.9 Å². The van der Waals surface area contributed by atoms with Crippen LogP contribution >= 0.6 is 12.4 Å². The van der Waals surface area contributed by atoms with Crippen LogP contribution in [0.2, 0.25) is 0 Å². The van der Waals surface area contributed by atoms with E-state index in [1.165, 1.54) is 19.2 Å². The molecule has 0 saturated heterocycles. The Morgan fingerprint density at radius 2 is 2.17 bits per heavy atom. The van der Waals surface area contributed by atoms with Gasteiger partial charge < -0.3 is 10.7 Å². The second-order valence-electron chi connectivity index (χ2n) is 3.63. The molecule has 1 amide bonds. The highest BCUT2D eigenvalue weighted by Crippen LogP contribution is 2.19. The zero-order chi connectivity index (χ0) is 12.6. The van der Waals surface area contributed by atoms with Gasteiger partial charge in [-0.05, 0) is 18.2 Å². The number of benzene rings is 1. The highest BCUT2D eigenvalue weighted by Gasteiger charge is 2.17. The lowest BCUT2D eigenvalue weighted by atomic mass is 10.2. The average molecular weight is 271 g/mol. The van der Waals surface area contributed by atoms with Crippen LogP contribution in [-0.4, -0.2) is 28.8 Å². The largest absolute Gasteiger partial charge is 0.370 e. The number of aromatic amines is 1. The van der Waals surface area contributed by atoms with Gasteiger partial charge in [-0.1, -0.05) is 6.07 Å². The van der Waals surface area contributed by atoms with Crippen LogP contribution in [0.4, 0.5) is 4.39 Å². The third kappa shape index (κ3) is 2.28. The van der Waals surface area contributed by atoms with Crippen LogP contribution in [0.15, 0.2) is 24.3 Å². The van der Waals surface area contributed by atoms with Crippen LogP contribution in [0, 0.1) is 11.2 Å². The van der Waals surface area contributed by atoms with E-state index in [1.54, 1.807) is 12.1 Å². The van der Waals surface area contributed by atoms with Gasteiger partial charge in [0.05, 0.1) is 0 Å². The number of fused-ring (bicyclic) bond motifs is 1. The standard InChI is InChI=1S/C11H11FN4O.ClH/c1-16(11(13)14)10(17)9-5-6-7(12)3-2-4-8(6)15-9;/h2-5,15H,1H3,(H3,13,14);1H. The van der Waals surface area contributed by atoms with Gasteiger partial charge in [0.15, 0.2) is 5.96 Å². The molecule has 0 unspecified atom stereocenters. The molecule has 1 heterocycles. The second kappa shape index (κ2) is 5.05. The molecule has 2 rings (SSSR count). The number of halogens is 2. The zero-order valence-electron chi connectivity index (χ0n) is 9.53. The number of hydrogen-bond donors (Lipinski definition) is 3. The van der Waals surface area contributed by atoms with Crippen molar-refractivity contribution >= 4 is 35.2 Å². The minimum Gasteiger partial charge on any atom is -0.370 e. The van der Waals surface area contributed by atoms with Gasteiger partial charge in [0.2, 0.25) is 0 Å². The monoisotopic (exact) mass is 270 g/mol. The van der Waals surface area contributed by atoms with Crippen molar-refractivity contribution in [2.45, 2.75) is 0 Å². The van der Waals surface area contributed by atoms with Crippen LogP contribution in [0.25, 0.3) is 10.9 Å². The summed E-state index contributed by atoms with van der Waals surface area (Å²) in [5, 5.41) is 7.49. The molecule has 0 saturated carbocycles. The lowest BCUT2D eigenvalue weighted by Gasteiger charge is -2.12. The summed E-state index contributed by atoms with van der Waals surface area (Å²) in [5.41, 5.74) is 5.93. The first-order chi connectivity index (χ1) is 8.00. The summed E-state index contributed by atoms with van der Waals surface area (Å²) in [6.45, 7) is 0. The van der Waals surface area contributed by atoms with Gasteiger partial charge >= 0.3 is 0 Å². The first-order valence-corrected chi connectivity index (χ1v) is 4.90. The van der Waals surface area contributed by atoms with Crippen molar-refractivity contribution in [3.8, 4) is 0 Å². The van der Waals surface area contributed by atoms with Gasteiger partial charge in [-0.3, -0.25) is 15.1 Å². The maximum Gasteiger partial charge on any atom is 0.276 e. The molecule has 4 N–H and O–H groups in total. The average Bonchev–Trinajstić information content (AvgIpc) is 2.72. The molecule has 0 aliphatic carbocycles. The number of hydrogen-bond acceptors (Lipinski definition) is 2. The van der Waals surface area contributed by atoms with Crippen molar-refractivity contribution in [1.82, 2.24) is 9.88 Å². The summed E-state index contributed by atoms with van der Waals surface area (Å²) in [6, 6.07) is 5.95. The SMILES string of the molecule is CN(C(=N)N)C(=O)c1cc2c(F)cccc2[nH]1.Cl. The Kier molecular flexibility index (Phi) is 3.93. The van der Waals surface area contributed by atoms with E-state index in [4.69, 9.17) is 11.1 Å². The predicted octanol–water partition coefficient (Wildman–Crippen LogP) is 1.69. The predicted molar refractivity (Wildman–Crippen MR) is 69.5 cm³/mol. The Labute approximate surface area is 109 Å². The van der Waals surface area contributed by atoms with Gasteiger partial charge in [-0.2, -0.15) is 0 Å². The summed E-state index contributed by atoms with van der Waals surface area (Å²) in [5.74, 6) is -1.24. The Morgan fingerprint density at radius 1 is 1.50 bits per heavy atom. The molecule has 0 fully saturated rings. The van der Waals surface area contributed by atoms with Gasteiger partial charge in [0.1, 0.15) is 11.5 Å². The number of amides is 1. The summed E-state index contributed by atoms with van der Waals surface area (Å²) in [7, 11) is 1.38. The number of rotatable bonds is 1. The lowest BCUT2D eigenvalue weighted by Crippen LogP contribution is -2.38. The van der Waals surface area contributed by atoms with Gasteiger partial charge in [0.25, 0.3) is 5.91 Å². The van der Waals surface area contributed by atoms with E-state index in [0.717, 1.165) is 4.90 Å². The summed E-state index contributed by atoms with van der Waals surface area (Å²) >= 11 is 0. The van der Waals surface area contributed by atoms with E-state index in [-0.39, 0.29) is 24.1 Å². The second-order valence-corrected chi connectivity index (χ2v) is 3.63. The van der Waals surface area contributed by atoms with Crippen molar-refractivity contribution in [2.75, 3.05) is 7.05 Å². The van der Waals surface area contributed by atoms with Crippen molar-refractivity contribution in [2.24, 2.45) is 5.73 Å². The normalized spacial score (nSPS) is 9.89. The maximum atomic E-state index is 13.4. The minimum absolute atomic E-state index is 0. The molecule has 0 aliphatic heterocycles. The van der Waals surface area contributed by atoms with Gasteiger partial charge in [0, 0.05) is 18.0 Å². The fraction of sp³-hybridized carbons (Fsp3) is 0.0909. The summed E-state index contributed by atoms with van der Waals surface area (Å²) in [6.07, 6.45) is 0. The quantitative estimate of drug-likeness (QED) is 0.544. The Balaban J connectivity index is 0.00000162. The molecule has 5 nitrogen and oxygen atoms in total. The molecular weight excluding hydrogens is 259 g/mol. The Bertz CT molecular complexity index is 610. The first-order valence-electron chi connectivity index (χ1n) is 4.90. The molecule has 2 aromatic rings. The molecule has 0 bridgehead atoms. The van der Waals surface area contributed by atoms with Gasteiger partial charge in [-0.15, -0.1) is 12.4 Å². The van der Waals surface area contributed by atoms with Crippen LogP contribution in [0.3, 0.4) is 0 Å².